The molecule has 0 aliphatic carbocycles. The molecule has 7 nitrogen and oxygen atoms in total. The molecule has 1 atom stereocenters. The highest BCUT2D eigenvalue weighted by Gasteiger charge is 2.42. The molecule has 3 aromatic rings. The van der Waals surface area contributed by atoms with E-state index in [-0.39, 0.29) is 33.6 Å². The number of ether oxygens (including phenoxy) is 1. The average molecular weight is 409 g/mol. The maximum Gasteiger partial charge on any atom is 0.290 e. The lowest BCUT2D eigenvalue weighted by Gasteiger charge is -2.31. The fourth-order valence-corrected chi connectivity index (χ4v) is 4.19. The van der Waals surface area contributed by atoms with Gasteiger partial charge in [-0.25, -0.2) is 4.39 Å². The first kappa shape index (κ1) is 18.9. The summed E-state index contributed by atoms with van der Waals surface area (Å²) in [6.07, 6.45) is 3.25. The van der Waals surface area contributed by atoms with Crippen LogP contribution in [0.1, 0.15) is 27.7 Å². The number of amides is 1. The Hall–Kier alpha value is -3.10. The standard InChI is InChI=1S/C22H20FN3O4/c23-15-1-2-17-16(13-15)20(27)18-19(14-3-5-24-6-4-14)26(22(28)21(18)30-17)8-7-25-9-11-29-12-10-25/h1-6,13,19H,7-12H2/t19-/m1/s1. The van der Waals surface area contributed by atoms with Gasteiger partial charge >= 0.3 is 0 Å². The minimum absolute atomic E-state index is 0.0305. The van der Waals surface area contributed by atoms with Crippen LogP contribution in [0.3, 0.4) is 0 Å². The molecule has 4 heterocycles. The Balaban J connectivity index is 1.60. The molecule has 1 fully saturated rings. The quantitative estimate of drug-likeness (QED) is 0.658. The molecule has 0 radical (unpaired) electrons. The summed E-state index contributed by atoms with van der Waals surface area (Å²) in [7, 11) is 0. The summed E-state index contributed by atoms with van der Waals surface area (Å²) in [5.41, 5.74) is 0.847. The molecule has 2 aliphatic rings. The highest BCUT2D eigenvalue weighted by molar-refractivity contribution is 5.99. The first-order valence-corrected chi connectivity index (χ1v) is 9.91. The van der Waals surface area contributed by atoms with Crippen LogP contribution in [0.15, 0.2) is 51.9 Å². The Bertz CT molecular complexity index is 1160. The third kappa shape index (κ3) is 3.18. The van der Waals surface area contributed by atoms with Gasteiger partial charge in [0.25, 0.3) is 5.91 Å². The van der Waals surface area contributed by atoms with Gasteiger partial charge < -0.3 is 14.1 Å². The Labute approximate surface area is 171 Å². The maximum absolute atomic E-state index is 13.8. The Morgan fingerprint density at radius 3 is 2.60 bits per heavy atom. The van der Waals surface area contributed by atoms with E-state index in [4.69, 9.17) is 9.15 Å². The summed E-state index contributed by atoms with van der Waals surface area (Å²) in [6.45, 7) is 4.02. The third-order valence-corrected chi connectivity index (χ3v) is 5.71. The van der Waals surface area contributed by atoms with E-state index in [2.05, 4.69) is 9.88 Å². The number of rotatable bonds is 4. The summed E-state index contributed by atoms with van der Waals surface area (Å²) in [4.78, 5) is 34.5. The number of fused-ring (bicyclic) bond motifs is 2. The summed E-state index contributed by atoms with van der Waals surface area (Å²) in [5, 5.41) is 0.135. The number of hydrogen-bond acceptors (Lipinski definition) is 6. The molecule has 2 aliphatic heterocycles. The molecule has 0 spiro atoms. The number of benzene rings is 1. The number of aromatic nitrogens is 1. The molecular formula is C22H20FN3O4. The summed E-state index contributed by atoms with van der Waals surface area (Å²) >= 11 is 0. The van der Waals surface area contributed by atoms with Gasteiger partial charge in [-0.15, -0.1) is 0 Å². The molecule has 8 heteroatoms. The number of halogens is 1. The van der Waals surface area contributed by atoms with Gasteiger partial charge in [-0.3, -0.25) is 19.5 Å². The number of pyridine rings is 1. The average Bonchev–Trinajstić information content (AvgIpc) is 3.06. The Morgan fingerprint density at radius 2 is 1.83 bits per heavy atom. The van der Waals surface area contributed by atoms with Crippen LogP contribution in [0, 0.1) is 5.82 Å². The van der Waals surface area contributed by atoms with Crippen molar-refractivity contribution in [2.75, 3.05) is 39.4 Å². The van der Waals surface area contributed by atoms with Gasteiger partial charge in [0.15, 0.2) is 5.43 Å². The van der Waals surface area contributed by atoms with E-state index in [1.807, 2.05) is 0 Å². The van der Waals surface area contributed by atoms with Crippen LogP contribution in [0.4, 0.5) is 4.39 Å². The van der Waals surface area contributed by atoms with E-state index in [9.17, 15) is 14.0 Å². The molecular weight excluding hydrogens is 389 g/mol. The van der Waals surface area contributed by atoms with E-state index in [0.29, 0.717) is 26.3 Å². The highest BCUT2D eigenvalue weighted by atomic mass is 19.1. The fourth-order valence-electron chi connectivity index (χ4n) is 4.19. The van der Waals surface area contributed by atoms with Crippen LogP contribution >= 0.6 is 0 Å². The monoisotopic (exact) mass is 409 g/mol. The molecule has 1 amide bonds. The minimum atomic E-state index is -0.597. The second-order valence-corrected chi connectivity index (χ2v) is 7.45. The number of carbonyl (C=O) groups is 1. The van der Waals surface area contributed by atoms with Crippen LogP contribution in [-0.2, 0) is 4.74 Å². The first-order valence-electron chi connectivity index (χ1n) is 9.91. The van der Waals surface area contributed by atoms with E-state index in [0.717, 1.165) is 24.7 Å². The van der Waals surface area contributed by atoms with Crippen LogP contribution in [0.5, 0.6) is 0 Å². The van der Waals surface area contributed by atoms with Crippen molar-refractivity contribution in [1.82, 2.24) is 14.8 Å². The van der Waals surface area contributed by atoms with Crippen molar-refractivity contribution in [3.8, 4) is 0 Å². The molecule has 0 saturated carbocycles. The molecule has 0 bridgehead atoms. The van der Waals surface area contributed by atoms with Gasteiger partial charge in [-0.2, -0.15) is 0 Å². The van der Waals surface area contributed by atoms with Crippen molar-refractivity contribution in [3.05, 3.63) is 75.7 Å². The van der Waals surface area contributed by atoms with Gasteiger partial charge in [0.05, 0.1) is 30.2 Å². The molecule has 1 saturated heterocycles. The number of nitrogens with zero attached hydrogens (tertiary/aromatic N) is 3. The number of carbonyl (C=O) groups excluding carboxylic acids is 1. The van der Waals surface area contributed by atoms with Crippen molar-refractivity contribution < 1.29 is 18.3 Å². The summed E-state index contributed by atoms with van der Waals surface area (Å²) in [6, 6.07) is 6.73. The maximum atomic E-state index is 13.8. The zero-order valence-corrected chi connectivity index (χ0v) is 16.2. The van der Waals surface area contributed by atoms with Crippen LogP contribution in [0.25, 0.3) is 11.0 Å². The smallest absolute Gasteiger partial charge is 0.290 e. The third-order valence-electron chi connectivity index (χ3n) is 5.71. The SMILES string of the molecule is O=C1c2oc3ccc(F)cc3c(=O)c2[C@@H](c2ccncc2)N1CCN1CCOCC1. The normalized spacial score (nSPS) is 19.4. The summed E-state index contributed by atoms with van der Waals surface area (Å²) < 4.78 is 25.0. The molecule has 0 unspecified atom stereocenters. The second kappa shape index (κ2) is 7.62. The molecule has 1 aromatic carbocycles. The van der Waals surface area contributed by atoms with Gasteiger partial charge in [0.1, 0.15) is 11.4 Å². The fraction of sp³-hybridized carbons (Fsp3) is 0.318. The number of morpholine rings is 1. The second-order valence-electron chi connectivity index (χ2n) is 7.45. The van der Waals surface area contributed by atoms with Gasteiger partial charge in [-0.1, -0.05) is 0 Å². The Morgan fingerprint density at radius 1 is 1.07 bits per heavy atom. The van der Waals surface area contributed by atoms with Crippen molar-refractivity contribution in [3.63, 3.8) is 0 Å². The minimum Gasteiger partial charge on any atom is -0.450 e. The predicted molar refractivity (Wildman–Crippen MR) is 107 cm³/mol. The van der Waals surface area contributed by atoms with E-state index in [1.54, 1.807) is 29.4 Å². The zero-order valence-electron chi connectivity index (χ0n) is 16.2. The largest absolute Gasteiger partial charge is 0.450 e. The lowest BCUT2D eigenvalue weighted by atomic mass is 9.99. The van der Waals surface area contributed by atoms with Crippen molar-refractivity contribution >= 4 is 16.9 Å². The molecule has 5 rings (SSSR count). The Kier molecular flexibility index (Phi) is 4.80. The molecule has 0 N–H and O–H groups in total. The number of hydrogen-bond donors (Lipinski definition) is 0. The summed E-state index contributed by atoms with van der Waals surface area (Å²) in [5.74, 6) is -0.824. The van der Waals surface area contributed by atoms with Gasteiger partial charge in [0.2, 0.25) is 5.76 Å². The van der Waals surface area contributed by atoms with E-state index >= 15 is 0 Å². The van der Waals surface area contributed by atoms with Crippen LogP contribution < -0.4 is 5.43 Å². The predicted octanol–water partition coefficient (Wildman–Crippen LogP) is 2.20. The first-order chi connectivity index (χ1) is 14.6. The van der Waals surface area contributed by atoms with E-state index < -0.39 is 11.9 Å². The van der Waals surface area contributed by atoms with Crippen LogP contribution in [-0.4, -0.2) is 60.1 Å². The topological polar surface area (TPSA) is 75.9 Å². The van der Waals surface area contributed by atoms with Gasteiger partial charge in [-0.05, 0) is 35.9 Å². The highest BCUT2D eigenvalue weighted by Crippen LogP contribution is 2.37. The van der Waals surface area contributed by atoms with Crippen molar-refractivity contribution in [2.45, 2.75) is 6.04 Å². The van der Waals surface area contributed by atoms with Gasteiger partial charge in [0, 0.05) is 38.6 Å². The van der Waals surface area contributed by atoms with Crippen molar-refractivity contribution in [1.29, 1.82) is 0 Å². The molecule has 2 aromatic heterocycles. The van der Waals surface area contributed by atoms with Crippen molar-refractivity contribution in [2.24, 2.45) is 0 Å². The molecule has 154 valence electrons. The van der Waals surface area contributed by atoms with E-state index in [1.165, 1.54) is 12.1 Å². The van der Waals surface area contributed by atoms with Crippen LogP contribution in [0.2, 0.25) is 0 Å². The molecule has 30 heavy (non-hydrogen) atoms. The zero-order chi connectivity index (χ0) is 20.7. The lowest BCUT2D eigenvalue weighted by molar-refractivity contribution is 0.0314. The lowest BCUT2D eigenvalue weighted by Crippen LogP contribution is -2.42.